The first-order valence-corrected chi connectivity index (χ1v) is 10.7. The van der Waals surface area contributed by atoms with Gasteiger partial charge in [0.2, 0.25) is 0 Å². The number of rotatable bonds is 4. The van der Waals surface area contributed by atoms with E-state index in [9.17, 15) is 9.18 Å². The van der Waals surface area contributed by atoms with Gasteiger partial charge in [0.15, 0.2) is 5.65 Å². The van der Waals surface area contributed by atoms with Crippen molar-refractivity contribution in [2.75, 3.05) is 19.7 Å². The van der Waals surface area contributed by atoms with Gasteiger partial charge in [-0.3, -0.25) is 4.79 Å². The third-order valence-electron chi connectivity index (χ3n) is 5.66. The van der Waals surface area contributed by atoms with Crippen molar-refractivity contribution >= 4 is 16.9 Å². The fourth-order valence-corrected chi connectivity index (χ4v) is 4.08. The molecule has 3 heterocycles. The number of aromatic nitrogens is 3. The van der Waals surface area contributed by atoms with Crippen LogP contribution in [0.3, 0.4) is 0 Å². The van der Waals surface area contributed by atoms with Crippen LogP contribution in [0.5, 0.6) is 0 Å². The predicted molar refractivity (Wildman–Crippen MR) is 120 cm³/mol. The summed E-state index contributed by atoms with van der Waals surface area (Å²) < 4.78 is 21.0. The molecular formula is C25H23FN4O2. The molecule has 5 rings (SSSR count). The Morgan fingerprint density at radius 2 is 2.00 bits per heavy atom. The van der Waals surface area contributed by atoms with Crippen LogP contribution in [0.1, 0.15) is 22.8 Å². The van der Waals surface area contributed by atoms with Crippen LogP contribution >= 0.6 is 0 Å². The molecule has 0 saturated carbocycles. The van der Waals surface area contributed by atoms with Crippen LogP contribution in [-0.2, 0) is 11.3 Å². The van der Waals surface area contributed by atoms with Crippen molar-refractivity contribution in [3.8, 4) is 11.3 Å². The fourth-order valence-electron chi connectivity index (χ4n) is 4.08. The quantitative estimate of drug-likeness (QED) is 0.488. The lowest BCUT2D eigenvalue weighted by Crippen LogP contribution is -2.44. The molecule has 0 N–H and O–H groups in total. The molecule has 0 radical (unpaired) electrons. The number of carbonyl (C=O) groups is 1. The molecule has 2 aromatic carbocycles. The van der Waals surface area contributed by atoms with Crippen molar-refractivity contribution in [1.29, 1.82) is 0 Å². The lowest BCUT2D eigenvalue weighted by Gasteiger charge is -2.31. The molecular weight excluding hydrogens is 407 g/mol. The Balaban J connectivity index is 1.62. The third kappa shape index (κ3) is 3.99. The van der Waals surface area contributed by atoms with E-state index in [0.29, 0.717) is 48.5 Å². The number of benzene rings is 2. The Kier molecular flexibility index (Phi) is 5.41. The molecule has 1 fully saturated rings. The van der Waals surface area contributed by atoms with Gasteiger partial charge in [-0.1, -0.05) is 42.5 Å². The second-order valence-electron chi connectivity index (χ2n) is 8.02. The van der Waals surface area contributed by atoms with Crippen LogP contribution in [-0.4, -0.2) is 51.4 Å². The summed E-state index contributed by atoms with van der Waals surface area (Å²) in [5.74, 6) is -0.357. The van der Waals surface area contributed by atoms with Crippen LogP contribution in [0.25, 0.3) is 22.3 Å². The summed E-state index contributed by atoms with van der Waals surface area (Å²) in [5.41, 5.74) is 3.55. The first-order valence-electron chi connectivity index (χ1n) is 10.7. The van der Waals surface area contributed by atoms with Gasteiger partial charge in [0.05, 0.1) is 42.1 Å². The molecule has 1 aliphatic heterocycles. The Morgan fingerprint density at radius 3 is 2.78 bits per heavy atom. The number of carbonyl (C=O) groups excluding carboxylic acids is 1. The Hall–Kier alpha value is -3.58. The van der Waals surface area contributed by atoms with Crippen LogP contribution in [0.15, 0.2) is 66.9 Å². The standard InChI is InChI=1S/C25H23FN4O2/c1-17-15-29(10-11-32-17)25(31)21-13-23(19-7-3-2-4-8-19)28-24-22(21)14-27-30(24)16-18-6-5-9-20(26)12-18/h2-9,12-14,17H,10-11,15-16H2,1H3. The van der Waals surface area contributed by atoms with Crippen LogP contribution < -0.4 is 0 Å². The number of hydrogen-bond donors (Lipinski definition) is 0. The van der Waals surface area contributed by atoms with Crippen molar-refractivity contribution in [1.82, 2.24) is 19.7 Å². The lowest BCUT2D eigenvalue weighted by atomic mass is 10.1. The Bertz CT molecular complexity index is 1270. The zero-order chi connectivity index (χ0) is 22.1. The zero-order valence-electron chi connectivity index (χ0n) is 17.7. The first kappa shape index (κ1) is 20.3. The van der Waals surface area contributed by atoms with E-state index in [2.05, 4.69) is 5.10 Å². The van der Waals surface area contributed by atoms with Crippen LogP contribution in [0, 0.1) is 5.82 Å². The topological polar surface area (TPSA) is 60.2 Å². The zero-order valence-corrected chi connectivity index (χ0v) is 17.7. The second kappa shape index (κ2) is 8.51. The van der Waals surface area contributed by atoms with Gasteiger partial charge >= 0.3 is 0 Å². The molecule has 32 heavy (non-hydrogen) atoms. The summed E-state index contributed by atoms with van der Waals surface area (Å²) in [6, 6.07) is 18.0. The minimum Gasteiger partial charge on any atom is -0.375 e. The van der Waals surface area contributed by atoms with E-state index in [0.717, 1.165) is 11.1 Å². The Labute approximate surface area is 185 Å². The number of halogens is 1. The van der Waals surface area contributed by atoms with Gasteiger partial charge < -0.3 is 9.64 Å². The maximum Gasteiger partial charge on any atom is 0.254 e. The summed E-state index contributed by atoms with van der Waals surface area (Å²) in [7, 11) is 0. The number of hydrogen-bond acceptors (Lipinski definition) is 4. The lowest BCUT2D eigenvalue weighted by molar-refractivity contribution is -0.0123. The van der Waals surface area contributed by atoms with E-state index in [1.807, 2.05) is 54.3 Å². The summed E-state index contributed by atoms with van der Waals surface area (Å²) in [6.45, 7) is 3.93. The molecule has 4 aromatic rings. The van der Waals surface area contributed by atoms with Crippen molar-refractivity contribution < 1.29 is 13.9 Å². The van der Waals surface area contributed by atoms with E-state index >= 15 is 0 Å². The minimum absolute atomic E-state index is 0.00526. The van der Waals surface area contributed by atoms with Gasteiger partial charge in [0, 0.05) is 18.7 Å². The van der Waals surface area contributed by atoms with Crippen LogP contribution in [0.2, 0.25) is 0 Å². The maximum atomic E-state index is 13.7. The number of pyridine rings is 1. The van der Waals surface area contributed by atoms with Gasteiger partial charge in [0.25, 0.3) is 5.91 Å². The summed E-state index contributed by atoms with van der Waals surface area (Å²) >= 11 is 0. The van der Waals surface area contributed by atoms with E-state index < -0.39 is 0 Å². The van der Waals surface area contributed by atoms with E-state index in [4.69, 9.17) is 9.72 Å². The number of ether oxygens (including phenoxy) is 1. The molecule has 1 saturated heterocycles. The molecule has 1 unspecified atom stereocenters. The summed E-state index contributed by atoms with van der Waals surface area (Å²) in [6.07, 6.45) is 1.67. The molecule has 0 aliphatic carbocycles. The number of morpholine rings is 1. The average Bonchev–Trinajstić information content (AvgIpc) is 3.21. The smallest absolute Gasteiger partial charge is 0.254 e. The summed E-state index contributed by atoms with van der Waals surface area (Å²) in [4.78, 5) is 20.2. The SMILES string of the molecule is CC1CN(C(=O)c2cc(-c3ccccc3)nc3c2cnn3Cc2cccc(F)c2)CCO1. The van der Waals surface area contributed by atoms with E-state index in [1.165, 1.54) is 12.1 Å². The normalized spacial score (nSPS) is 16.4. The molecule has 7 heteroatoms. The molecule has 6 nitrogen and oxygen atoms in total. The van der Waals surface area contributed by atoms with Gasteiger partial charge in [0.1, 0.15) is 5.82 Å². The van der Waals surface area contributed by atoms with E-state index in [1.54, 1.807) is 16.9 Å². The number of amides is 1. The van der Waals surface area contributed by atoms with Gasteiger partial charge in [-0.2, -0.15) is 5.10 Å². The van der Waals surface area contributed by atoms with Crippen molar-refractivity contribution in [2.24, 2.45) is 0 Å². The highest BCUT2D eigenvalue weighted by Crippen LogP contribution is 2.27. The number of fused-ring (bicyclic) bond motifs is 1. The third-order valence-corrected chi connectivity index (χ3v) is 5.66. The maximum absolute atomic E-state index is 13.7. The van der Waals surface area contributed by atoms with Crippen molar-refractivity contribution in [3.63, 3.8) is 0 Å². The van der Waals surface area contributed by atoms with Gasteiger partial charge in [-0.05, 0) is 30.7 Å². The molecule has 2 aromatic heterocycles. The fraction of sp³-hybridized carbons (Fsp3) is 0.240. The monoisotopic (exact) mass is 430 g/mol. The molecule has 1 atom stereocenters. The van der Waals surface area contributed by atoms with Gasteiger partial charge in [-0.15, -0.1) is 0 Å². The van der Waals surface area contributed by atoms with Crippen LogP contribution in [0.4, 0.5) is 4.39 Å². The number of nitrogens with zero attached hydrogens (tertiary/aromatic N) is 4. The predicted octanol–water partition coefficient (Wildman–Crippen LogP) is 4.15. The van der Waals surface area contributed by atoms with Crippen molar-refractivity contribution in [2.45, 2.75) is 19.6 Å². The molecule has 1 amide bonds. The minimum atomic E-state index is -0.297. The van der Waals surface area contributed by atoms with E-state index in [-0.39, 0.29) is 17.8 Å². The highest BCUT2D eigenvalue weighted by molar-refractivity contribution is 6.06. The first-order chi connectivity index (χ1) is 15.6. The molecule has 0 spiro atoms. The highest BCUT2D eigenvalue weighted by atomic mass is 19.1. The second-order valence-corrected chi connectivity index (χ2v) is 8.02. The largest absolute Gasteiger partial charge is 0.375 e. The molecule has 162 valence electrons. The molecule has 1 aliphatic rings. The highest BCUT2D eigenvalue weighted by Gasteiger charge is 2.26. The summed E-state index contributed by atoms with van der Waals surface area (Å²) in [5, 5.41) is 5.18. The molecule has 0 bridgehead atoms. The Morgan fingerprint density at radius 1 is 1.16 bits per heavy atom. The average molecular weight is 430 g/mol. The van der Waals surface area contributed by atoms with Gasteiger partial charge in [-0.25, -0.2) is 14.1 Å². The van der Waals surface area contributed by atoms with Crippen molar-refractivity contribution in [3.05, 3.63) is 83.8 Å².